The molecule has 8 nitrogen and oxygen atoms in total. The van der Waals surface area contributed by atoms with Crippen LogP contribution in [0.15, 0.2) is 57.8 Å². The molecular weight excluding hydrogens is 492 g/mol. The van der Waals surface area contributed by atoms with Crippen LogP contribution < -0.4 is 10.5 Å². The molecule has 5 rings (SSSR count). The fraction of sp³-hybridized carbons (Fsp3) is 0.348. The fourth-order valence-electron chi connectivity index (χ4n) is 4.50. The molecule has 1 saturated heterocycles. The second-order valence-electron chi connectivity index (χ2n) is 8.74. The van der Waals surface area contributed by atoms with E-state index >= 15 is 0 Å². The Balaban J connectivity index is 1.65. The van der Waals surface area contributed by atoms with Crippen LogP contribution in [0.3, 0.4) is 0 Å². The van der Waals surface area contributed by atoms with E-state index < -0.39 is 16.1 Å². The number of nitrogens with two attached hydrogens (primary N) is 1. The molecule has 1 aliphatic carbocycles. The SMILES string of the molecule is Cc1ccc([C@@H]2N=C(c3nccs3)N3C[C@@H](NS(=O)(=O)C4CC4)CC3=C2C(N)=CC=N)c(Cl)c1. The van der Waals surface area contributed by atoms with Crippen molar-refractivity contribution in [1.29, 1.82) is 5.41 Å². The minimum Gasteiger partial charge on any atom is -0.398 e. The standard InChI is InChI=1S/C23H25ClN6O2S2/c1-13-2-5-16(17(24)10-13)21-20(18(26)6-7-25)19-11-14(29-34(31,32)15-3-4-15)12-30(19)22(28-21)23-27-8-9-33-23/h2,5-10,14-15,21,25,29H,3-4,11-12,26H2,1H3/t14-,21-/m0/s1. The maximum atomic E-state index is 12.7. The summed E-state index contributed by atoms with van der Waals surface area (Å²) in [5.41, 5.74) is 10.3. The van der Waals surface area contributed by atoms with Crippen LogP contribution in [-0.4, -0.2) is 48.2 Å². The average Bonchev–Trinajstić information content (AvgIpc) is 3.36. The third kappa shape index (κ3) is 4.31. The number of allylic oxidation sites excluding steroid dienone is 1. The molecule has 178 valence electrons. The summed E-state index contributed by atoms with van der Waals surface area (Å²) in [6.45, 7) is 2.40. The van der Waals surface area contributed by atoms with Crippen LogP contribution in [0, 0.1) is 12.3 Å². The molecular formula is C23H25ClN6O2S2. The lowest BCUT2D eigenvalue weighted by molar-refractivity contribution is 0.511. The van der Waals surface area contributed by atoms with E-state index in [0.717, 1.165) is 33.6 Å². The van der Waals surface area contributed by atoms with Gasteiger partial charge in [-0.2, -0.15) is 0 Å². The molecule has 0 radical (unpaired) electrons. The monoisotopic (exact) mass is 516 g/mol. The van der Waals surface area contributed by atoms with Gasteiger partial charge in [0.15, 0.2) is 10.8 Å². The van der Waals surface area contributed by atoms with Gasteiger partial charge in [-0.05, 0) is 43.0 Å². The number of nitrogens with zero attached hydrogens (tertiary/aromatic N) is 3. The predicted molar refractivity (Wildman–Crippen MR) is 136 cm³/mol. The molecule has 1 aromatic heterocycles. The third-order valence-corrected chi connectivity index (χ3v) is 9.31. The molecule has 34 heavy (non-hydrogen) atoms. The van der Waals surface area contributed by atoms with Gasteiger partial charge < -0.3 is 16.0 Å². The topological polar surface area (TPSA) is 125 Å². The van der Waals surface area contributed by atoms with Gasteiger partial charge in [0.2, 0.25) is 10.0 Å². The molecule has 2 fully saturated rings. The largest absolute Gasteiger partial charge is 0.398 e. The van der Waals surface area contributed by atoms with Crippen LogP contribution in [0.2, 0.25) is 5.02 Å². The first kappa shape index (κ1) is 23.2. The Kier molecular flexibility index (Phi) is 6.09. The van der Waals surface area contributed by atoms with E-state index in [1.807, 2.05) is 35.4 Å². The summed E-state index contributed by atoms with van der Waals surface area (Å²) < 4.78 is 28.2. The number of nitrogens with one attached hydrogen (secondary N) is 2. The van der Waals surface area contributed by atoms with Crippen molar-refractivity contribution in [3.05, 3.63) is 74.0 Å². The maximum absolute atomic E-state index is 12.7. The highest BCUT2D eigenvalue weighted by atomic mass is 35.5. The van der Waals surface area contributed by atoms with E-state index in [1.54, 1.807) is 6.20 Å². The Bertz CT molecular complexity index is 1330. The smallest absolute Gasteiger partial charge is 0.214 e. The highest BCUT2D eigenvalue weighted by Crippen LogP contribution is 2.44. The molecule has 2 aliphatic heterocycles. The molecule has 3 aliphatic rings. The Morgan fingerprint density at radius 1 is 1.38 bits per heavy atom. The fourth-order valence-corrected chi connectivity index (χ4v) is 7.05. The number of aryl methyl sites for hydroxylation is 1. The Hall–Kier alpha value is -2.53. The molecule has 0 bridgehead atoms. The number of sulfonamides is 1. The molecule has 2 aromatic rings. The zero-order valence-corrected chi connectivity index (χ0v) is 20.9. The number of thiazole rings is 1. The summed E-state index contributed by atoms with van der Waals surface area (Å²) in [7, 11) is -3.37. The number of rotatable bonds is 7. The second-order valence-corrected chi connectivity index (χ2v) is 12.0. The zero-order chi connectivity index (χ0) is 24.0. The first-order valence-corrected chi connectivity index (χ1v) is 13.8. The molecule has 3 heterocycles. The average molecular weight is 517 g/mol. The van der Waals surface area contributed by atoms with Gasteiger partial charge >= 0.3 is 0 Å². The van der Waals surface area contributed by atoms with Gasteiger partial charge in [0, 0.05) is 58.8 Å². The third-order valence-electron chi connectivity index (χ3n) is 6.20. The minimum absolute atomic E-state index is 0.298. The van der Waals surface area contributed by atoms with Gasteiger partial charge in [-0.15, -0.1) is 11.3 Å². The number of amidine groups is 1. The van der Waals surface area contributed by atoms with Gasteiger partial charge in [0.25, 0.3) is 0 Å². The second kappa shape index (κ2) is 8.92. The van der Waals surface area contributed by atoms with Crippen molar-refractivity contribution in [2.75, 3.05) is 6.54 Å². The molecule has 1 saturated carbocycles. The van der Waals surface area contributed by atoms with Crippen LogP contribution in [0.5, 0.6) is 0 Å². The van der Waals surface area contributed by atoms with Crippen LogP contribution in [0.1, 0.15) is 41.4 Å². The van der Waals surface area contributed by atoms with Gasteiger partial charge in [-0.1, -0.05) is 23.7 Å². The molecule has 0 spiro atoms. The number of aromatic nitrogens is 1. The highest BCUT2D eigenvalue weighted by Gasteiger charge is 2.43. The van der Waals surface area contributed by atoms with E-state index in [-0.39, 0.29) is 11.3 Å². The van der Waals surface area contributed by atoms with Gasteiger partial charge in [0.05, 0.1) is 5.25 Å². The zero-order valence-electron chi connectivity index (χ0n) is 18.5. The molecule has 0 unspecified atom stereocenters. The van der Waals surface area contributed by atoms with Gasteiger partial charge in [-0.25, -0.2) is 18.1 Å². The summed E-state index contributed by atoms with van der Waals surface area (Å²) in [5, 5.41) is 10.5. The van der Waals surface area contributed by atoms with E-state index in [1.165, 1.54) is 17.4 Å². The Morgan fingerprint density at radius 3 is 2.82 bits per heavy atom. The van der Waals surface area contributed by atoms with Crippen molar-refractivity contribution in [1.82, 2.24) is 14.6 Å². The number of fused-ring (bicyclic) bond motifs is 1. The number of halogens is 1. The van der Waals surface area contributed by atoms with E-state index in [2.05, 4.69) is 9.71 Å². The summed E-state index contributed by atoms with van der Waals surface area (Å²) >= 11 is 8.14. The van der Waals surface area contributed by atoms with Gasteiger partial charge in [0.1, 0.15) is 6.04 Å². The van der Waals surface area contributed by atoms with Crippen LogP contribution in [0.4, 0.5) is 0 Å². The first-order chi connectivity index (χ1) is 16.3. The van der Waals surface area contributed by atoms with Crippen LogP contribution >= 0.6 is 22.9 Å². The quantitative estimate of drug-likeness (QED) is 0.486. The predicted octanol–water partition coefficient (Wildman–Crippen LogP) is 3.51. The van der Waals surface area contributed by atoms with Crippen molar-refractivity contribution in [2.45, 2.75) is 43.5 Å². The van der Waals surface area contributed by atoms with Crippen molar-refractivity contribution >= 4 is 45.0 Å². The normalized spacial score (nSPS) is 23.2. The minimum atomic E-state index is -3.37. The summed E-state index contributed by atoms with van der Waals surface area (Å²) in [6.07, 6.45) is 6.26. The maximum Gasteiger partial charge on any atom is 0.214 e. The van der Waals surface area contributed by atoms with Crippen LogP contribution in [-0.2, 0) is 10.0 Å². The van der Waals surface area contributed by atoms with E-state index in [4.69, 9.17) is 27.7 Å². The van der Waals surface area contributed by atoms with Crippen molar-refractivity contribution in [3.8, 4) is 0 Å². The number of hydrogen-bond donors (Lipinski definition) is 3. The molecule has 1 aromatic carbocycles. The molecule has 2 atom stereocenters. The number of aliphatic imine (C=N–C) groups is 1. The highest BCUT2D eigenvalue weighted by molar-refractivity contribution is 7.90. The summed E-state index contributed by atoms with van der Waals surface area (Å²) in [5.74, 6) is 0.672. The van der Waals surface area contributed by atoms with Gasteiger partial charge in [-0.3, -0.25) is 4.99 Å². The van der Waals surface area contributed by atoms with E-state index in [9.17, 15) is 8.42 Å². The number of benzene rings is 1. The lowest BCUT2D eigenvalue weighted by Crippen LogP contribution is -2.40. The lowest BCUT2D eigenvalue weighted by atomic mass is 9.91. The lowest BCUT2D eigenvalue weighted by Gasteiger charge is -2.33. The molecule has 4 N–H and O–H groups in total. The number of hydrogen-bond acceptors (Lipinski definition) is 8. The summed E-state index contributed by atoms with van der Waals surface area (Å²) in [6, 6.07) is 4.99. The first-order valence-electron chi connectivity index (χ1n) is 11.0. The van der Waals surface area contributed by atoms with Crippen molar-refractivity contribution < 1.29 is 8.42 Å². The summed E-state index contributed by atoms with van der Waals surface area (Å²) in [4.78, 5) is 11.6. The Morgan fingerprint density at radius 2 is 2.18 bits per heavy atom. The van der Waals surface area contributed by atoms with E-state index in [0.29, 0.717) is 42.4 Å². The van der Waals surface area contributed by atoms with Crippen LogP contribution in [0.25, 0.3) is 0 Å². The Labute approximate surface area is 207 Å². The van der Waals surface area contributed by atoms with Crippen molar-refractivity contribution in [2.24, 2.45) is 10.7 Å². The molecule has 11 heteroatoms. The van der Waals surface area contributed by atoms with Crippen molar-refractivity contribution in [3.63, 3.8) is 0 Å². The molecule has 0 amide bonds.